The molecule has 0 heterocycles. The molecule has 21 heavy (non-hydrogen) atoms. The summed E-state index contributed by atoms with van der Waals surface area (Å²) in [6.45, 7) is 1.65. The van der Waals surface area contributed by atoms with E-state index < -0.39 is 17.7 Å². The van der Waals surface area contributed by atoms with Gasteiger partial charge in [0.1, 0.15) is 5.82 Å². The fourth-order valence-electron chi connectivity index (χ4n) is 1.88. The lowest BCUT2D eigenvalue weighted by molar-refractivity contribution is 0.0698. The van der Waals surface area contributed by atoms with Gasteiger partial charge in [-0.3, -0.25) is 4.79 Å². The van der Waals surface area contributed by atoms with Crippen LogP contribution in [-0.4, -0.2) is 17.0 Å². The zero-order valence-corrected chi connectivity index (χ0v) is 11.7. The Morgan fingerprint density at radius 2 is 1.95 bits per heavy atom. The van der Waals surface area contributed by atoms with Crippen molar-refractivity contribution in [3.05, 3.63) is 63.9 Å². The number of aryl methyl sites for hydroxylation is 1. The fraction of sp³-hybridized carbons (Fsp3) is 0.0667. The summed E-state index contributed by atoms with van der Waals surface area (Å²) in [7, 11) is 0. The van der Waals surface area contributed by atoms with Crippen LogP contribution in [0.2, 0.25) is 5.02 Å². The summed E-state index contributed by atoms with van der Waals surface area (Å²) in [6, 6.07) is 8.10. The van der Waals surface area contributed by atoms with Gasteiger partial charge in [-0.25, -0.2) is 9.18 Å². The first-order valence-electron chi connectivity index (χ1n) is 5.99. The molecule has 0 aliphatic rings. The van der Waals surface area contributed by atoms with Crippen LogP contribution in [0.25, 0.3) is 0 Å². The average Bonchev–Trinajstić information content (AvgIpc) is 2.39. The predicted molar refractivity (Wildman–Crippen MR) is 77.5 cm³/mol. The van der Waals surface area contributed by atoms with E-state index in [0.29, 0.717) is 5.56 Å². The average molecular weight is 308 g/mol. The maximum atomic E-state index is 13.3. The molecule has 0 spiro atoms. The first-order valence-corrected chi connectivity index (χ1v) is 6.36. The zero-order valence-electron chi connectivity index (χ0n) is 11.0. The molecule has 0 saturated carbocycles. The molecule has 0 atom stereocenters. The van der Waals surface area contributed by atoms with Crippen LogP contribution in [0.3, 0.4) is 0 Å². The SMILES string of the molecule is Cc1cc(F)cc(C(=O)Nc2c(Cl)cccc2C(=O)O)c1. The van der Waals surface area contributed by atoms with Crippen LogP contribution >= 0.6 is 11.6 Å². The Labute approximate surface area is 125 Å². The van der Waals surface area contributed by atoms with E-state index in [-0.39, 0.29) is 21.8 Å². The molecule has 2 aromatic rings. The molecule has 2 aromatic carbocycles. The van der Waals surface area contributed by atoms with Crippen molar-refractivity contribution in [1.29, 1.82) is 0 Å². The molecular formula is C15H11ClFNO3. The molecule has 0 saturated heterocycles. The fourth-order valence-corrected chi connectivity index (χ4v) is 2.10. The third-order valence-corrected chi connectivity index (χ3v) is 3.10. The van der Waals surface area contributed by atoms with Gasteiger partial charge in [-0.05, 0) is 42.8 Å². The van der Waals surface area contributed by atoms with Crippen molar-refractivity contribution >= 4 is 29.2 Å². The highest BCUT2D eigenvalue weighted by Crippen LogP contribution is 2.26. The van der Waals surface area contributed by atoms with Crippen LogP contribution in [0.15, 0.2) is 36.4 Å². The summed E-state index contributed by atoms with van der Waals surface area (Å²) in [5.41, 5.74) is 0.518. The number of hydrogen-bond acceptors (Lipinski definition) is 2. The first-order chi connectivity index (χ1) is 9.88. The van der Waals surface area contributed by atoms with Crippen LogP contribution in [-0.2, 0) is 0 Å². The minimum absolute atomic E-state index is 0.0152. The lowest BCUT2D eigenvalue weighted by atomic mass is 10.1. The maximum Gasteiger partial charge on any atom is 0.337 e. The van der Waals surface area contributed by atoms with Gasteiger partial charge < -0.3 is 10.4 Å². The van der Waals surface area contributed by atoms with E-state index in [9.17, 15) is 14.0 Å². The number of amides is 1. The number of nitrogens with one attached hydrogen (secondary N) is 1. The Morgan fingerprint density at radius 3 is 2.57 bits per heavy atom. The van der Waals surface area contributed by atoms with E-state index in [1.807, 2.05) is 0 Å². The Balaban J connectivity index is 2.38. The Hall–Kier alpha value is -2.40. The molecular weight excluding hydrogens is 297 g/mol. The van der Waals surface area contributed by atoms with Crippen LogP contribution in [0, 0.1) is 12.7 Å². The summed E-state index contributed by atoms with van der Waals surface area (Å²) in [5.74, 6) is -2.39. The Bertz CT molecular complexity index is 711. The standard InChI is InChI=1S/C15H11ClFNO3/c1-8-5-9(7-10(17)6-8)14(19)18-13-11(15(20)21)3-2-4-12(13)16/h2-7H,1H3,(H,18,19)(H,20,21). The lowest BCUT2D eigenvalue weighted by Gasteiger charge is -2.10. The highest BCUT2D eigenvalue weighted by molar-refractivity contribution is 6.34. The van der Waals surface area contributed by atoms with Crippen molar-refractivity contribution in [1.82, 2.24) is 0 Å². The molecule has 0 aliphatic heterocycles. The molecule has 2 N–H and O–H groups in total. The number of halogens is 2. The molecule has 1 amide bonds. The van der Waals surface area contributed by atoms with Crippen molar-refractivity contribution < 1.29 is 19.1 Å². The quantitative estimate of drug-likeness (QED) is 0.907. The molecule has 2 rings (SSSR count). The Kier molecular flexibility index (Phi) is 4.23. The van der Waals surface area contributed by atoms with Crippen molar-refractivity contribution in [2.45, 2.75) is 6.92 Å². The van der Waals surface area contributed by atoms with Crippen molar-refractivity contribution in [2.75, 3.05) is 5.32 Å². The second-order valence-electron chi connectivity index (χ2n) is 4.44. The molecule has 0 radical (unpaired) electrons. The van der Waals surface area contributed by atoms with E-state index in [4.69, 9.17) is 16.7 Å². The topological polar surface area (TPSA) is 66.4 Å². The number of carboxylic acids is 1. The van der Waals surface area contributed by atoms with Gasteiger partial charge in [-0.2, -0.15) is 0 Å². The molecule has 0 fully saturated rings. The summed E-state index contributed by atoms with van der Waals surface area (Å²) in [6.07, 6.45) is 0. The van der Waals surface area contributed by atoms with Gasteiger partial charge in [0.25, 0.3) is 5.91 Å². The minimum atomic E-state index is -1.22. The number of para-hydroxylation sites is 1. The number of anilines is 1. The van der Waals surface area contributed by atoms with E-state index in [1.54, 1.807) is 6.92 Å². The van der Waals surface area contributed by atoms with Crippen molar-refractivity contribution in [3.8, 4) is 0 Å². The van der Waals surface area contributed by atoms with Gasteiger partial charge in [0.05, 0.1) is 16.3 Å². The number of carboxylic acid groups (broad SMARTS) is 1. The normalized spacial score (nSPS) is 10.2. The molecule has 0 unspecified atom stereocenters. The second-order valence-corrected chi connectivity index (χ2v) is 4.85. The molecule has 6 heteroatoms. The van der Waals surface area contributed by atoms with Crippen LogP contribution in [0.5, 0.6) is 0 Å². The van der Waals surface area contributed by atoms with Crippen LogP contribution in [0.1, 0.15) is 26.3 Å². The maximum absolute atomic E-state index is 13.3. The van der Waals surface area contributed by atoms with Gasteiger partial charge in [-0.1, -0.05) is 17.7 Å². The zero-order chi connectivity index (χ0) is 15.6. The Morgan fingerprint density at radius 1 is 1.24 bits per heavy atom. The third-order valence-electron chi connectivity index (χ3n) is 2.79. The predicted octanol–water partition coefficient (Wildman–Crippen LogP) is 3.74. The number of carbonyl (C=O) groups is 2. The summed E-state index contributed by atoms with van der Waals surface area (Å²) in [4.78, 5) is 23.2. The van der Waals surface area contributed by atoms with E-state index in [0.717, 1.165) is 6.07 Å². The smallest absolute Gasteiger partial charge is 0.337 e. The number of carbonyl (C=O) groups excluding carboxylic acids is 1. The van der Waals surface area contributed by atoms with Crippen molar-refractivity contribution in [3.63, 3.8) is 0 Å². The summed E-state index contributed by atoms with van der Waals surface area (Å²) in [5, 5.41) is 11.6. The molecule has 108 valence electrons. The van der Waals surface area contributed by atoms with E-state index in [1.165, 1.54) is 30.3 Å². The van der Waals surface area contributed by atoms with Gasteiger partial charge in [0, 0.05) is 5.56 Å². The van der Waals surface area contributed by atoms with Gasteiger partial charge in [0.15, 0.2) is 0 Å². The largest absolute Gasteiger partial charge is 0.478 e. The number of rotatable bonds is 3. The molecule has 0 bridgehead atoms. The summed E-state index contributed by atoms with van der Waals surface area (Å²) >= 11 is 5.92. The number of benzene rings is 2. The lowest BCUT2D eigenvalue weighted by Crippen LogP contribution is -2.15. The van der Waals surface area contributed by atoms with E-state index >= 15 is 0 Å². The van der Waals surface area contributed by atoms with E-state index in [2.05, 4.69) is 5.32 Å². The minimum Gasteiger partial charge on any atom is -0.478 e. The molecule has 0 aliphatic carbocycles. The molecule has 0 aromatic heterocycles. The number of aromatic carboxylic acids is 1. The first kappa shape index (κ1) is 15.0. The molecule has 4 nitrogen and oxygen atoms in total. The van der Waals surface area contributed by atoms with Crippen LogP contribution in [0.4, 0.5) is 10.1 Å². The highest BCUT2D eigenvalue weighted by atomic mass is 35.5. The summed E-state index contributed by atoms with van der Waals surface area (Å²) < 4.78 is 13.3. The van der Waals surface area contributed by atoms with Crippen LogP contribution < -0.4 is 5.32 Å². The highest BCUT2D eigenvalue weighted by Gasteiger charge is 2.17. The number of hydrogen-bond donors (Lipinski definition) is 2. The third kappa shape index (κ3) is 3.38. The van der Waals surface area contributed by atoms with Gasteiger partial charge in [-0.15, -0.1) is 0 Å². The second kappa shape index (κ2) is 5.93. The van der Waals surface area contributed by atoms with Gasteiger partial charge >= 0.3 is 5.97 Å². The van der Waals surface area contributed by atoms with Gasteiger partial charge in [0.2, 0.25) is 0 Å². The van der Waals surface area contributed by atoms with Crippen molar-refractivity contribution in [2.24, 2.45) is 0 Å². The monoisotopic (exact) mass is 307 g/mol.